The van der Waals surface area contributed by atoms with Crippen LogP contribution in [0.1, 0.15) is 26.2 Å². The Morgan fingerprint density at radius 2 is 2.23 bits per heavy atom. The lowest BCUT2D eigenvalue weighted by Gasteiger charge is -2.13. The Morgan fingerprint density at radius 1 is 1.54 bits per heavy atom. The number of aliphatic hydroxyl groups excluding tert-OH is 1. The van der Waals surface area contributed by atoms with Crippen LogP contribution in [0.2, 0.25) is 0 Å². The van der Waals surface area contributed by atoms with Gasteiger partial charge in [0.05, 0.1) is 13.2 Å². The molecule has 3 N–H and O–H groups in total. The van der Waals surface area contributed by atoms with Gasteiger partial charge in [-0.05, 0) is 19.3 Å². The summed E-state index contributed by atoms with van der Waals surface area (Å²) in [5.41, 5.74) is -0.135. The Balaban J connectivity index is 2.08. The standard InChI is InChI=1S/C9H18N2O2/c1-2-5-10-8(13)6-11-9(7-12)3-4-9/h11-12H,2-7H2,1H3,(H,10,13). The molecule has 4 heteroatoms. The monoisotopic (exact) mass is 186 g/mol. The first-order chi connectivity index (χ1) is 6.22. The van der Waals surface area contributed by atoms with Gasteiger partial charge in [0.1, 0.15) is 0 Å². The SMILES string of the molecule is CCCNC(=O)CNC1(CO)CC1. The van der Waals surface area contributed by atoms with Crippen LogP contribution in [0.25, 0.3) is 0 Å². The number of amides is 1. The second kappa shape index (κ2) is 4.58. The van der Waals surface area contributed by atoms with Crippen molar-refractivity contribution in [2.75, 3.05) is 19.7 Å². The lowest BCUT2D eigenvalue weighted by atomic mass is 10.3. The van der Waals surface area contributed by atoms with E-state index in [1.165, 1.54) is 0 Å². The molecule has 0 saturated heterocycles. The van der Waals surface area contributed by atoms with E-state index in [9.17, 15) is 4.79 Å². The molecule has 0 radical (unpaired) electrons. The maximum absolute atomic E-state index is 11.1. The third-order valence-corrected chi connectivity index (χ3v) is 2.35. The molecule has 1 aliphatic carbocycles. The van der Waals surface area contributed by atoms with Crippen LogP contribution >= 0.6 is 0 Å². The van der Waals surface area contributed by atoms with Crippen molar-refractivity contribution in [2.24, 2.45) is 0 Å². The first-order valence-electron chi connectivity index (χ1n) is 4.85. The summed E-state index contributed by atoms with van der Waals surface area (Å²) in [5.74, 6) is 0.0153. The van der Waals surface area contributed by atoms with Crippen molar-refractivity contribution in [3.63, 3.8) is 0 Å². The number of hydrogen-bond donors (Lipinski definition) is 3. The Labute approximate surface area is 78.7 Å². The van der Waals surface area contributed by atoms with E-state index >= 15 is 0 Å². The van der Waals surface area contributed by atoms with E-state index in [1.807, 2.05) is 6.92 Å². The summed E-state index contributed by atoms with van der Waals surface area (Å²) in [5, 5.41) is 14.8. The van der Waals surface area contributed by atoms with Crippen LogP contribution in [-0.4, -0.2) is 36.2 Å². The third-order valence-electron chi connectivity index (χ3n) is 2.35. The predicted molar refractivity (Wildman–Crippen MR) is 50.4 cm³/mol. The van der Waals surface area contributed by atoms with E-state index in [2.05, 4.69) is 10.6 Å². The second-order valence-electron chi connectivity index (χ2n) is 3.64. The van der Waals surface area contributed by atoms with Crippen LogP contribution in [0.15, 0.2) is 0 Å². The van der Waals surface area contributed by atoms with E-state index < -0.39 is 0 Å². The number of hydrogen-bond acceptors (Lipinski definition) is 3. The summed E-state index contributed by atoms with van der Waals surface area (Å²) in [7, 11) is 0. The zero-order valence-electron chi connectivity index (χ0n) is 8.10. The fourth-order valence-corrected chi connectivity index (χ4v) is 1.14. The van der Waals surface area contributed by atoms with E-state index in [0.29, 0.717) is 6.54 Å². The zero-order valence-corrected chi connectivity index (χ0v) is 8.10. The highest BCUT2D eigenvalue weighted by atomic mass is 16.3. The van der Waals surface area contributed by atoms with Gasteiger partial charge < -0.3 is 15.7 Å². The highest BCUT2D eigenvalue weighted by Gasteiger charge is 2.41. The first kappa shape index (κ1) is 10.5. The van der Waals surface area contributed by atoms with Gasteiger partial charge in [-0.25, -0.2) is 0 Å². The largest absolute Gasteiger partial charge is 0.394 e. The smallest absolute Gasteiger partial charge is 0.233 e. The molecule has 0 aromatic heterocycles. The van der Waals surface area contributed by atoms with Gasteiger partial charge in [-0.1, -0.05) is 6.92 Å². The summed E-state index contributed by atoms with van der Waals surface area (Å²) in [6, 6.07) is 0. The summed E-state index contributed by atoms with van der Waals surface area (Å²) in [6.45, 7) is 3.20. The van der Waals surface area contributed by atoms with E-state index in [4.69, 9.17) is 5.11 Å². The quantitative estimate of drug-likeness (QED) is 0.530. The Bertz CT molecular complexity index is 178. The number of carbonyl (C=O) groups excluding carboxylic acids is 1. The second-order valence-corrected chi connectivity index (χ2v) is 3.64. The normalized spacial score (nSPS) is 18.3. The molecule has 4 nitrogen and oxygen atoms in total. The van der Waals surface area contributed by atoms with Crippen LogP contribution in [0.4, 0.5) is 0 Å². The Hall–Kier alpha value is -0.610. The minimum absolute atomic E-state index is 0.0153. The topological polar surface area (TPSA) is 61.4 Å². The minimum atomic E-state index is -0.135. The molecule has 0 bridgehead atoms. The molecule has 0 unspecified atom stereocenters. The summed E-state index contributed by atoms with van der Waals surface area (Å²) in [6.07, 6.45) is 2.91. The minimum Gasteiger partial charge on any atom is -0.394 e. The lowest BCUT2D eigenvalue weighted by Crippen LogP contribution is -2.42. The summed E-state index contributed by atoms with van der Waals surface area (Å²) < 4.78 is 0. The summed E-state index contributed by atoms with van der Waals surface area (Å²) in [4.78, 5) is 11.1. The molecule has 0 heterocycles. The number of aliphatic hydroxyl groups is 1. The zero-order chi connectivity index (χ0) is 9.73. The van der Waals surface area contributed by atoms with Gasteiger partial charge in [-0.3, -0.25) is 4.79 Å². The van der Waals surface area contributed by atoms with Crippen molar-refractivity contribution in [3.8, 4) is 0 Å². The molecule has 1 saturated carbocycles. The fourth-order valence-electron chi connectivity index (χ4n) is 1.14. The third kappa shape index (κ3) is 3.32. The van der Waals surface area contributed by atoms with Crippen LogP contribution in [0.5, 0.6) is 0 Å². The van der Waals surface area contributed by atoms with Crippen molar-refractivity contribution in [1.82, 2.24) is 10.6 Å². The average molecular weight is 186 g/mol. The van der Waals surface area contributed by atoms with Gasteiger partial charge in [0, 0.05) is 12.1 Å². The maximum Gasteiger partial charge on any atom is 0.233 e. The maximum atomic E-state index is 11.1. The predicted octanol–water partition coefficient (Wildman–Crippen LogP) is -0.373. The molecule has 0 aromatic rings. The highest BCUT2D eigenvalue weighted by molar-refractivity contribution is 5.78. The van der Waals surface area contributed by atoms with Crippen LogP contribution < -0.4 is 10.6 Å². The van der Waals surface area contributed by atoms with Crippen LogP contribution in [0, 0.1) is 0 Å². The number of nitrogens with one attached hydrogen (secondary N) is 2. The van der Waals surface area contributed by atoms with Gasteiger partial charge in [-0.15, -0.1) is 0 Å². The number of rotatable bonds is 6. The van der Waals surface area contributed by atoms with Crippen molar-refractivity contribution >= 4 is 5.91 Å². The molecule has 76 valence electrons. The van der Waals surface area contributed by atoms with E-state index in [0.717, 1.165) is 25.8 Å². The molecular weight excluding hydrogens is 168 g/mol. The van der Waals surface area contributed by atoms with Crippen molar-refractivity contribution in [2.45, 2.75) is 31.7 Å². The molecule has 1 aliphatic rings. The van der Waals surface area contributed by atoms with Gasteiger partial charge in [0.2, 0.25) is 5.91 Å². The van der Waals surface area contributed by atoms with Gasteiger partial charge in [-0.2, -0.15) is 0 Å². The molecule has 0 aromatic carbocycles. The van der Waals surface area contributed by atoms with Crippen molar-refractivity contribution in [3.05, 3.63) is 0 Å². The first-order valence-corrected chi connectivity index (χ1v) is 4.85. The lowest BCUT2D eigenvalue weighted by molar-refractivity contribution is -0.120. The van der Waals surface area contributed by atoms with E-state index in [-0.39, 0.29) is 18.1 Å². The van der Waals surface area contributed by atoms with Gasteiger partial charge >= 0.3 is 0 Å². The van der Waals surface area contributed by atoms with Crippen LogP contribution in [-0.2, 0) is 4.79 Å². The van der Waals surface area contributed by atoms with Crippen molar-refractivity contribution < 1.29 is 9.90 Å². The average Bonchev–Trinajstić information content (AvgIpc) is 2.92. The Kier molecular flexibility index (Phi) is 3.69. The Morgan fingerprint density at radius 3 is 2.69 bits per heavy atom. The summed E-state index contributed by atoms with van der Waals surface area (Å²) >= 11 is 0. The number of carbonyl (C=O) groups is 1. The molecule has 0 spiro atoms. The molecule has 0 atom stereocenters. The molecule has 1 rings (SSSR count). The molecule has 13 heavy (non-hydrogen) atoms. The molecule has 0 aliphatic heterocycles. The van der Waals surface area contributed by atoms with Crippen molar-refractivity contribution in [1.29, 1.82) is 0 Å². The van der Waals surface area contributed by atoms with Gasteiger partial charge in [0.25, 0.3) is 0 Å². The van der Waals surface area contributed by atoms with Gasteiger partial charge in [0.15, 0.2) is 0 Å². The molecular formula is C9H18N2O2. The van der Waals surface area contributed by atoms with E-state index in [1.54, 1.807) is 0 Å². The fraction of sp³-hybridized carbons (Fsp3) is 0.889. The molecule has 1 fully saturated rings. The van der Waals surface area contributed by atoms with Crippen LogP contribution in [0.3, 0.4) is 0 Å². The molecule has 1 amide bonds. The highest BCUT2D eigenvalue weighted by Crippen LogP contribution is 2.34.